The lowest BCUT2D eigenvalue weighted by Crippen LogP contribution is -2.58. The average molecular weight is 368 g/mol. The summed E-state index contributed by atoms with van der Waals surface area (Å²) in [4.78, 5) is 12.2. The van der Waals surface area contributed by atoms with Gasteiger partial charge in [-0.1, -0.05) is 13.8 Å². The van der Waals surface area contributed by atoms with Gasteiger partial charge in [0.15, 0.2) is 0 Å². The van der Waals surface area contributed by atoms with Crippen LogP contribution in [0.25, 0.3) is 0 Å². The second-order valence-electron chi connectivity index (χ2n) is 6.34. The SMILES string of the molecule is CC(C)NC1CCC1NC(=O)c1ccc(C(F)(F)F)cc1C(F)(F)F. The van der Waals surface area contributed by atoms with Gasteiger partial charge in [-0.25, -0.2) is 0 Å². The summed E-state index contributed by atoms with van der Waals surface area (Å²) in [6.07, 6.45) is -8.63. The summed E-state index contributed by atoms with van der Waals surface area (Å²) in [6, 6.07) is 0.756. The monoisotopic (exact) mass is 368 g/mol. The third-order valence-electron chi connectivity index (χ3n) is 4.04. The number of alkyl halides is 6. The van der Waals surface area contributed by atoms with Crippen LogP contribution in [-0.2, 0) is 12.4 Å². The number of hydrogen-bond donors (Lipinski definition) is 2. The second-order valence-corrected chi connectivity index (χ2v) is 6.34. The molecule has 1 aromatic rings. The molecule has 1 aliphatic rings. The first kappa shape index (κ1) is 19.6. The van der Waals surface area contributed by atoms with E-state index in [-0.39, 0.29) is 24.2 Å². The molecule has 140 valence electrons. The lowest BCUT2D eigenvalue weighted by Gasteiger charge is -2.39. The Hall–Kier alpha value is -1.77. The predicted octanol–water partition coefficient (Wildman–Crippen LogP) is 3.98. The highest BCUT2D eigenvalue weighted by atomic mass is 19.4. The first-order valence-electron chi connectivity index (χ1n) is 7.75. The van der Waals surface area contributed by atoms with Crippen LogP contribution in [0.1, 0.15) is 48.2 Å². The molecule has 0 bridgehead atoms. The van der Waals surface area contributed by atoms with Gasteiger partial charge in [0.1, 0.15) is 0 Å². The van der Waals surface area contributed by atoms with E-state index >= 15 is 0 Å². The fourth-order valence-corrected chi connectivity index (χ4v) is 2.70. The fraction of sp³-hybridized carbons (Fsp3) is 0.562. The quantitative estimate of drug-likeness (QED) is 0.790. The minimum absolute atomic E-state index is 0.0282. The third kappa shape index (κ3) is 4.65. The number of hydrogen-bond acceptors (Lipinski definition) is 2. The standard InChI is InChI=1S/C16H18F6N2O/c1-8(2)23-12-5-6-13(12)24-14(25)10-4-3-9(15(17,18)19)7-11(10)16(20,21)22/h3-4,7-8,12-13,23H,5-6H2,1-2H3,(H,24,25). The molecule has 0 aliphatic heterocycles. The van der Waals surface area contributed by atoms with Crippen LogP contribution >= 0.6 is 0 Å². The van der Waals surface area contributed by atoms with Crippen molar-refractivity contribution in [2.75, 3.05) is 0 Å². The highest BCUT2D eigenvalue weighted by Crippen LogP contribution is 2.37. The van der Waals surface area contributed by atoms with E-state index < -0.39 is 35.0 Å². The van der Waals surface area contributed by atoms with Gasteiger partial charge in [-0.2, -0.15) is 26.3 Å². The van der Waals surface area contributed by atoms with E-state index in [1.807, 2.05) is 13.8 Å². The minimum atomic E-state index is -5.07. The van der Waals surface area contributed by atoms with E-state index in [1.165, 1.54) is 0 Å². The topological polar surface area (TPSA) is 41.1 Å². The van der Waals surface area contributed by atoms with Crippen molar-refractivity contribution in [2.24, 2.45) is 0 Å². The number of rotatable bonds is 4. The summed E-state index contributed by atoms with van der Waals surface area (Å²) in [6.45, 7) is 3.80. The maximum atomic E-state index is 13.1. The van der Waals surface area contributed by atoms with Gasteiger partial charge in [0.2, 0.25) is 0 Å². The third-order valence-corrected chi connectivity index (χ3v) is 4.04. The lowest BCUT2D eigenvalue weighted by molar-refractivity contribution is -0.143. The van der Waals surface area contributed by atoms with Gasteiger partial charge in [0.25, 0.3) is 5.91 Å². The number of halogens is 6. The molecule has 25 heavy (non-hydrogen) atoms. The van der Waals surface area contributed by atoms with Gasteiger partial charge < -0.3 is 10.6 Å². The summed E-state index contributed by atoms with van der Waals surface area (Å²) in [5.41, 5.74) is -3.84. The summed E-state index contributed by atoms with van der Waals surface area (Å²) >= 11 is 0. The largest absolute Gasteiger partial charge is 0.417 e. The molecule has 3 nitrogen and oxygen atoms in total. The number of carbonyl (C=O) groups excluding carboxylic acids is 1. The molecule has 1 amide bonds. The van der Waals surface area contributed by atoms with Crippen LogP contribution in [0.3, 0.4) is 0 Å². The summed E-state index contributed by atoms with van der Waals surface area (Å²) < 4.78 is 77.3. The minimum Gasteiger partial charge on any atom is -0.348 e. The molecule has 2 unspecified atom stereocenters. The van der Waals surface area contributed by atoms with Crippen molar-refractivity contribution in [1.82, 2.24) is 10.6 Å². The lowest BCUT2D eigenvalue weighted by atomic mass is 9.85. The number of nitrogens with one attached hydrogen (secondary N) is 2. The Labute approximate surface area is 140 Å². The molecule has 0 heterocycles. The molecule has 0 saturated heterocycles. The van der Waals surface area contributed by atoms with Crippen LogP contribution in [0.5, 0.6) is 0 Å². The van der Waals surface area contributed by atoms with Crippen molar-refractivity contribution in [3.63, 3.8) is 0 Å². The van der Waals surface area contributed by atoms with E-state index in [4.69, 9.17) is 0 Å². The van der Waals surface area contributed by atoms with Crippen molar-refractivity contribution in [2.45, 2.75) is 57.2 Å². The molecule has 9 heteroatoms. The van der Waals surface area contributed by atoms with Crippen molar-refractivity contribution >= 4 is 5.91 Å². The molecule has 1 aliphatic carbocycles. The Morgan fingerprint density at radius 1 is 1.04 bits per heavy atom. The van der Waals surface area contributed by atoms with Crippen LogP contribution in [0.2, 0.25) is 0 Å². The molecule has 0 spiro atoms. The molecule has 0 aromatic heterocycles. The fourth-order valence-electron chi connectivity index (χ4n) is 2.70. The Morgan fingerprint density at radius 3 is 2.08 bits per heavy atom. The normalized spacial score (nSPS) is 21.2. The van der Waals surface area contributed by atoms with E-state index in [0.717, 1.165) is 6.42 Å². The van der Waals surface area contributed by atoms with Gasteiger partial charge >= 0.3 is 12.4 Å². The van der Waals surface area contributed by atoms with Gasteiger partial charge in [0.05, 0.1) is 16.7 Å². The molecule has 1 aromatic carbocycles. The maximum Gasteiger partial charge on any atom is 0.417 e. The first-order chi connectivity index (χ1) is 11.4. The van der Waals surface area contributed by atoms with Gasteiger partial charge in [-0.05, 0) is 31.0 Å². The maximum absolute atomic E-state index is 13.1. The Bertz CT molecular complexity index is 638. The van der Waals surface area contributed by atoms with Crippen molar-refractivity contribution in [3.8, 4) is 0 Å². The molecule has 2 N–H and O–H groups in total. The van der Waals surface area contributed by atoms with Crippen LogP contribution in [0.4, 0.5) is 26.3 Å². The molecular weight excluding hydrogens is 350 g/mol. The molecular formula is C16H18F6N2O. The molecule has 2 rings (SSSR count). The smallest absolute Gasteiger partial charge is 0.348 e. The van der Waals surface area contributed by atoms with Crippen LogP contribution in [0, 0.1) is 0 Å². The zero-order valence-electron chi connectivity index (χ0n) is 13.6. The second kappa shape index (κ2) is 6.86. The van der Waals surface area contributed by atoms with Crippen molar-refractivity contribution in [1.29, 1.82) is 0 Å². The van der Waals surface area contributed by atoms with Gasteiger partial charge in [-0.3, -0.25) is 4.79 Å². The van der Waals surface area contributed by atoms with Crippen LogP contribution < -0.4 is 10.6 Å². The van der Waals surface area contributed by atoms with Crippen LogP contribution in [0.15, 0.2) is 18.2 Å². The van der Waals surface area contributed by atoms with E-state index in [1.54, 1.807) is 0 Å². The van der Waals surface area contributed by atoms with Crippen molar-refractivity contribution in [3.05, 3.63) is 34.9 Å². The predicted molar refractivity (Wildman–Crippen MR) is 79.0 cm³/mol. The van der Waals surface area contributed by atoms with Gasteiger partial charge in [0, 0.05) is 18.1 Å². The molecule has 1 fully saturated rings. The zero-order chi connectivity index (χ0) is 19.0. The summed E-state index contributed by atoms with van der Waals surface area (Å²) in [5.74, 6) is -1.03. The Kier molecular flexibility index (Phi) is 5.36. The first-order valence-corrected chi connectivity index (χ1v) is 7.75. The highest BCUT2D eigenvalue weighted by Gasteiger charge is 2.40. The van der Waals surface area contributed by atoms with Crippen molar-refractivity contribution < 1.29 is 31.1 Å². The van der Waals surface area contributed by atoms with E-state index in [0.29, 0.717) is 18.6 Å². The summed E-state index contributed by atoms with van der Waals surface area (Å²) in [5, 5.41) is 5.65. The summed E-state index contributed by atoms with van der Waals surface area (Å²) in [7, 11) is 0. The zero-order valence-corrected chi connectivity index (χ0v) is 13.6. The molecule has 1 saturated carbocycles. The molecule has 0 radical (unpaired) electrons. The number of amides is 1. The highest BCUT2D eigenvalue weighted by molar-refractivity contribution is 5.96. The Balaban J connectivity index is 2.24. The molecule has 2 atom stereocenters. The van der Waals surface area contributed by atoms with E-state index in [9.17, 15) is 31.1 Å². The van der Waals surface area contributed by atoms with Gasteiger partial charge in [-0.15, -0.1) is 0 Å². The average Bonchev–Trinajstić information content (AvgIpc) is 2.46. The van der Waals surface area contributed by atoms with Crippen LogP contribution in [-0.4, -0.2) is 24.0 Å². The number of carbonyl (C=O) groups is 1. The Morgan fingerprint density at radius 2 is 1.64 bits per heavy atom. The van der Waals surface area contributed by atoms with E-state index in [2.05, 4.69) is 10.6 Å². The number of benzene rings is 1.